The van der Waals surface area contributed by atoms with Crippen LogP contribution in [0.15, 0.2) is 30.5 Å². The van der Waals surface area contributed by atoms with Gasteiger partial charge in [-0.2, -0.15) is 0 Å². The molecular weight excluding hydrogens is 237 g/mol. The van der Waals surface area contributed by atoms with Crippen LogP contribution in [0.1, 0.15) is 0 Å². The molecule has 1 heterocycles. The molecule has 0 saturated carbocycles. The molecule has 2 nitrogen and oxygen atoms in total. The summed E-state index contributed by atoms with van der Waals surface area (Å²) in [6, 6.07) is 5.73. The molecule has 2 rings (SSSR count). The Morgan fingerprint density at radius 1 is 1.23 bits per heavy atom. The Kier molecular flexibility index (Phi) is 2.83. The van der Waals surface area contributed by atoms with Crippen molar-refractivity contribution in [2.45, 2.75) is 0 Å². The average Bonchev–Trinajstić information content (AvgIpc) is 2.12. The number of benzene rings is 1. The molecule has 13 heavy (non-hydrogen) atoms. The van der Waals surface area contributed by atoms with E-state index in [1.807, 2.05) is 0 Å². The molecular formula is C9H7BrFNO. The summed E-state index contributed by atoms with van der Waals surface area (Å²) in [6.45, 7) is 0. The number of aromatic nitrogens is 1. The van der Waals surface area contributed by atoms with Crippen molar-refractivity contribution in [1.82, 2.24) is 4.98 Å². The summed E-state index contributed by atoms with van der Waals surface area (Å²) in [5.74, 6) is -0.358. The molecule has 0 bridgehead atoms. The van der Waals surface area contributed by atoms with Gasteiger partial charge >= 0.3 is 0 Å². The minimum absolute atomic E-state index is 0. The number of phenolic OH excluding ortho intramolecular Hbond substituents is 1. The Morgan fingerprint density at radius 3 is 2.69 bits per heavy atom. The van der Waals surface area contributed by atoms with Crippen LogP contribution in [0.5, 0.6) is 5.75 Å². The third-order valence-electron chi connectivity index (χ3n) is 1.70. The SMILES string of the molecule is Br.Oc1ccc(F)c2cccnc12. The largest absolute Gasteiger partial charge is 0.506 e. The molecule has 0 spiro atoms. The van der Waals surface area contributed by atoms with Crippen LogP contribution in [0.3, 0.4) is 0 Å². The lowest BCUT2D eigenvalue weighted by Gasteiger charge is -1.99. The van der Waals surface area contributed by atoms with Gasteiger partial charge in [-0.3, -0.25) is 4.98 Å². The van der Waals surface area contributed by atoms with E-state index in [1.54, 1.807) is 12.1 Å². The maximum Gasteiger partial charge on any atom is 0.142 e. The topological polar surface area (TPSA) is 33.1 Å². The van der Waals surface area contributed by atoms with Gasteiger partial charge in [0.1, 0.15) is 17.1 Å². The number of fused-ring (bicyclic) bond motifs is 1. The van der Waals surface area contributed by atoms with Crippen LogP contribution in [0.4, 0.5) is 4.39 Å². The van der Waals surface area contributed by atoms with Crippen LogP contribution >= 0.6 is 17.0 Å². The minimum Gasteiger partial charge on any atom is -0.506 e. The average molecular weight is 244 g/mol. The van der Waals surface area contributed by atoms with E-state index < -0.39 is 0 Å². The normalized spacial score (nSPS) is 9.62. The second-order valence-corrected chi connectivity index (χ2v) is 2.47. The number of hydrogen-bond donors (Lipinski definition) is 1. The van der Waals surface area contributed by atoms with Crippen LogP contribution in [0.25, 0.3) is 10.9 Å². The molecule has 0 atom stereocenters. The van der Waals surface area contributed by atoms with Crippen molar-refractivity contribution in [3.63, 3.8) is 0 Å². The fourth-order valence-corrected chi connectivity index (χ4v) is 1.12. The highest BCUT2D eigenvalue weighted by Gasteiger charge is 2.03. The first-order chi connectivity index (χ1) is 5.79. The second-order valence-electron chi connectivity index (χ2n) is 2.47. The highest BCUT2D eigenvalue weighted by atomic mass is 79.9. The van der Waals surface area contributed by atoms with Gasteiger partial charge < -0.3 is 5.11 Å². The fourth-order valence-electron chi connectivity index (χ4n) is 1.12. The fraction of sp³-hybridized carbons (Fsp3) is 0. The maximum atomic E-state index is 13.0. The summed E-state index contributed by atoms with van der Waals surface area (Å²) in [5.41, 5.74) is 0.303. The summed E-state index contributed by atoms with van der Waals surface area (Å²) in [5, 5.41) is 9.61. The van der Waals surface area contributed by atoms with Gasteiger partial charge in [0.2, 0.25) is 0 Å². The van der Waals surface area contributed by atoms with Crippen molar-refractivity contribution in [3.8, 4) is 5.75 Å². The van der Waals surface area contributed by atoms with E-state index in [1.165, 1.54) is 18.3 Å². The quantitative estimate of drug-likeness (QED) is 0.772. The number of rotatable bonds is 0. The molecule has 0 fully saturated rings. The third-order valence-corrected chi connectivity index (χ3v) is 1.70. The molecule has 1 N–H and O–H groups in total. The van der Waals surface area contributed by atoms with E-state index in [9.17, 15) is 9.50 Å². The Bertz CT molecular complexity index is 392. The molecule has 68 valence electrons. The third kappa shape index (κ3) is 1.62. The zero-order chi connectivity index (χ0) is 8.55. The number of pyridine rings is 1. The van der Waals surface area contributed by atoms with E-state index in [2.05, 4.69) is 4.98 Å². The van der Waals surface area contributed by atoms with Crippen LogP contribution in [0.2, 0.25) is 0 Å². The van der Waals surface area contributed by atoms with Gasteiger partial charge in [-0.05, 0) is 24.3 Å². The number of hydrogen-bond acceptors (Lipinski definition) is 2. The van der Waals surface area contributed by atoms with Gasteiger partial charge in [-0.15, -0.1) is 17.0 Å². The molecule has 2 aromatic rings. The number of halogens is 2. The molecule has 1 aromatic heterocycles. The maximum absolute atomic E-state index is 13.0. The molecule has 0 aliphatic rings. The van der Waals surface area contributed by atoms with Crippen LogP contribution in [0, 0.1) is 5.82 Å². The minimum atomic E-state index is -0.365. The first-order valence-corrected chi connectivity index (χ1v) is 3.51. The van der Waals surface area contributed by atoms with Gasteiger partial charge in [-0.25, -0.2) is 4.39 Å². The Morgan fingerprint density at radius 2 is 2.00 bits per heavy atom. The highest BCUT2D eigenvalue weighted by molar-refractivity contribution is 8.93. The predicted molar refractivity (Wildman–Crippen MR) is 53.7 cm³/mol. The summed E-state index contributed by atoms with van der Waals surface area (Å²) >= 11 is 0. The van der Waals surface area contributed by atoms with Crippen molar-refractivity contribution in [3.05, 3.63) is 36.3 Å². The Hall–Kier alpha value is -1.16. The Labute approximate surface area is 84.8 Å². The van der Waals surface area contributed by atoms with Gasteiger partial charge in [0.15, 0.2) is 0 Å². The number of aromatic hydroxyl groups is 1. The van der Waals surface area contributed by atoms with Gasteiger partial charge in [0.25, 0.3) is 0 Å². The van der Waals surface area contributed by atoms with Crippen LogP contribution in [-0.2, 0) is 0 Å². The number of phenols is 1. The molecule has 0 unspecified atom stereocenters. The molecule has 0 radical (unpaired) electrons. The monoisotopic (exact) mass is 243 g/mol. The lowest BCUT2D eigenvalue weighted by atomic mass is 10.2. The number of nitrogens with zero attached hydrogens (tertiary/aromatic N) is 1. The van der Waals surface area contributed by atoms with Crippen molar-refractivity contribution < 1.29 is 9.50 Å². The van der Waals surface area contributed by atoms with Crippen LogP contribution in [-0.4, -0.2) is 10.1 Å². The first-order valence-electron chi connectivity index (χ1n) is 3.51. The van der Waals surface area contributed by atoms with E-state index >= 15 is 0 Å². The van der Waals surface area contributed by atoms with E-state index in [0.29, 0.717) is 10.9 Å². The molecule has 0 aliphatic heterocycles. The summed E-state index contributed by atoms with van der Waals surface area (Å²) in [7, 11) is 0. The van der Waals surface area contributed by atoms with Crippen molar-refractivity contribution in [2.75, 3.05) is 0 Å². The van der Waals surface area contributed by atoms with E-state index in [4.69, 9.17) is 0 Å². The predicted octanol–water partition coefficient (Wildman–Crippen LogP) is 2.66. The molecule has 0 aliphatic carbocycles. The summed E-state index contributed by atoms with van der Waals surface area (Å²) < 4.78 is 13.0. The summed E-state index contributed by atoms with van der Waals surface area (Å²) in [6.07, 6.45) is 1.52. The highest BCUT2D eigenvalue weighted by Crippen LogP contribution is 2.23. The van der Waals surface area contributed by atoms with Gasteiger partial charge in [0.05, 0.1) is 0 Å². The second kappa shape index (κ2) is 3.70. The molecule has 4 heteroatoms. The molecule has 0 saturated heterocycles. The zero-order valence-corrected chi connectivity index (χ0v) is 8.28. The van der Waals surface area contributed by atoms with Crippen molar-refractivity contribution in [1.29, 1.82) is 0 Å². The molecule has 1 aromatic carbocycles. The van der Waals surface area contributed by atoms with Crippen molar-refractivity contribution in [2.24, 2.45) is 0 Å². The lowest BCUT2D eigenvalue weighted by Crippen LogP contribution is -1.82. The van der Waals surface area contributed by atoms with Crippen LogP contribution < -0.4 is 0 Å². The summed E-state index contributed by atoms with van der Waals surface area (Å²) in [4.78, 5) is 3.85. The lowest BCUT2D eigenvalue weighted by molar-refractivity contribution is 0.479. The van der Waals surface area contributed by atoms with E-state index in [-0.39, 0.29) is 28.5 Å². The first kappa shape index (κ1) is 9.92. The Balaban J connectivity index is 0.000000845. The van der Waals surface area contributed by atoms with Crippen molar-refractivity contribution >= 4 is 27.9 Å². The van der Waals surface area contributed by atoms with Gasteiger partial charge in [-0.1, -0.05) is 0 Å². The van der Waals surface area contributed by atoms with E-state index in [0.717, 1.165) is 0 Å². The standard InChI is InChI=1S/C9H6FNO.BrH/c10-7-3-4-8(12)9-6(7)2-1-5-11-9;/h1-5,12H;1H. The van der Waals surface area contributed by atoms with Gasteiger partial charge in [0, 0.05) is 11.6 Å². The smallest absolute Gasteiger partial charge is 0.142 e. The zero-order valence-electron chi connectivity index (χ0n) is 6.57. The molecule has 0 amide bonds.